The molecule has 0 aromatic heterocycles. The van der Waals surface area contributed by atoms with Gasteiger partial charge in [-0.05, 0) is 44.9 Å². The average molecular weight is 307 g/mol. The summed E-state index contributed by atoms with van der Waals surface area (Å²) >= 11 is 0. The van der Waals surface area contributed by atoms with E-state index in [1.807, 2.05) is 12.1 Å². The minimum atomic E-state index is -1.29. The summed E-state index contributed by atoms with van der Waals surface area (Å²) in [5, 5.41) is 12.0. The van der Waals surface area contributed by atoms with E-state index in [1.165, 1.54) is 0 Å². The van der Waals surface area contributed by atoms with E-state index in [0.717, 1.165) is 5.56 Å². The highest BCUT2D eigenvalue weighted by Gasteiger charge is 2.62. The summed E-state index contributed by atoms with van der Waals surface area (Å²) in [5.74, 6) is -0.631. The molecule has 0 aliphatic heterocycles. The first-order valence-corrected chi connectivity index (χ1v) is 7.06. The quantitative estimate of drug-likeness (QED) is 0.893. The second-order valence-corrected chi connectivity index (χ2v) is 6.43. The van der Waals surface area contributed by atoms with Crippen LogP contribution < -0.4 is 10.1 Å². The van der Waals surface area contributed by atoms with Crippen molar-refractivity contribution in [2.75, 3.05) is 7.11 Å². The van der Waals surface area contributed by atoms with Crippen molar-refractivity contribution in [1.82, 2.24) is 5.32 Å². The molecule has 1 saturated carbocycles. The van der Waals surface area contributed by atoms with E-state index >= 15 is 0 Å². The Morgan fingerprint density at radius 1 is 1.27 bits per heavy atom. The van der Waals surface area contributed by atoms with Crippen molar-refractivity contribution in [3.63, 3.8) is 0 Å². The number of hydrogen-bond donors (Lipinski definition) is 2. The molecule has 2 atom stereocenters. The van der Waals surface area contributed by atoms with Gasteiger partial charge >= 0.3 is 12.1 Å². The van der Waals surface area contributed by atoms with Crippen LogP contribution in [0.25, 0.3) is 0 Å². The highest BCUT2D eigenvalue weighted by atomic mass is 16.6. The third-order valence-corrected chi connectivity index (χ3v) is 3.58. The van der Waals surface area contributed by atoms with Crippen molar-refractivity contribution >= 4 is 12.1 Å². The number of carbonyl (C=O) groups is 2. The second-order valence-electron chi connectivity index (χ2n) is 6.43. The molecule has 0 saturated heterocycles. The summed E-state index contributed by atoms with van der Waals surface area (Å²) in [5.41, 5.74) is -1.12. The number of amides is 1. The normalized spacial score (nSPS) is 23.5. The summed E-state index contributed by atoms with van der Waals surface area (Å²) in [6.45, 7) is 5.19. The Bertz CT molecular complexity index is 575. The molecular formula is C16H21NO5. The molecule has 0 spiro atoms. The minimum Gasteiger partial charge on any atom is -0.497 e. The number of aliphatic carboxylic acids is 1. The molecule has 1 fully saturated rings. The van der Waals surface area contributed by atoms with Gasteiger partial charge < -0.3 is 19.9 Å². The minimum absolute atomic E-state index is 0.275. The van der Waals surface area contributed by atoms with E-state index in [0.29, 0.717) is 12.2 Å². The fraction of sp³-hybridized carbons (Fsp3) is 0.500. The number of carboxylic acid groups (broad SMARTS) is 1. The van der Waals surface area contributed by atoms with Gasteiger partial charge in [-0.3, -0.25) is 0 Å². The van der Waals surface area contributed by atoms with Gasteiger partial charge in [0.05, 0.1) is 7.11 Å². The number of carboxylic acids is 1. The number of benzene rings is 1. The Labute approximate surface area is 129 Å². The van der Waals surface area contributed by atoms with Crippen molar-refractivity contribution in [3.05, 3.63) is 29.8 Å². The summed E-state index contributed by atoms with van der Waals surface area (Å²) in [6.07, 6.45) is -0.376. The number of nitrogens with one attached hydrogen (secondary N) is 1. The Hall–Kier alpha value is -2.24. The van der Waals surface area contributed by atoms with Crippen molar-refractivity contribution in [3.8, 4) is 5.75 Å². The molecule has 120 valence electrons. The van der Waals surface area contributed by atoms with Gasteiger partial charge in [-0.2, -0.15) is 0 Å². The van der Waals surface area contributed by atoms with Crippen LogP contribution in [-0.4, -0.2) is 35.4 Å². The number of ether oxygens (including phenoxy) is 2. The highest BCUT2D eigenvalue weighted by molar-refractivity contribution is 5.90. The van der Waals surface area contributed by atoms with E-state index in [-0.39, 0.29) is 5.92 Å². The fourth-order valence-electron chi connectivity index (χ4n) is 2.42. The van der Waals surface area contributed by atoms with Gasteiger partial charge in [0.15, 0.2) is 0 Å². The zero-order chi connectivity index (χ0) is 16.5. The Kier molecular flexibility index (Phi) is 4.04. The van der Waals surface area contributed by atoms with Gasteiger partial charge in [0, 0.05) is 5.92 Å². The Balaban J connectivity index is 2.12. The van der Waals surface area contributed by atoms with Crippen LogP contribution in [0.4, 0.5) is 4.79 Å². The van der Waals surface area contributed by atoms with Crippen LogP contribution in [0.15, 0.2) is 24.3 Å². The second kappa shape index (κ2) is 5.51. The maximum atomic E-state index is 11.9. The van der Waals surface area contributed by atoms with Crippen LogP contribution in [0.2, 0.25) is 0 Å². The van der Waals surface area contributed by atoms with E-state index < -0.39 is 23.2 Å². The Morgan fingerprint density at radius 3 is 2.32 bits per heavy atom. The average Bonchev–Trinajstić information content (AvgIpc) is 3.12. The van der Waals surface area contributed by atoms with Crippen LogP contribution >= 0.6 is 0 Å². The van der Waals surface area contributed by atoms with Gasteiger partial charge in [-0.25, -0.2) is 9.59 Å². The topological polar surface area (TPSA) is 84.9 Å². The predicted molar refractivity (Wildman–Crippen MR) is 80.1 cm³/mol. The largest absolute Gasteiger partial charge is 0.497 e. The summed E-state index contributed by atoms with van der Waals surface area (Å²) in [4.78, 5) is 23.5. The molecule has 0 heterocycles. The van der Waals surface area contributed by atoms with Crippen molar-refractivity contribution < 1.29 is 24.2 Å². The van der Waals surface area contributed by atoms with E-state index in [4.69, 9.17) is 9.47 Å². The predicted octanol–water partition coefficient (Wildman–Crippen LogP) is 2.53. The fourth-order valence-corrected chi connectivity index (χ4v) is 2.42. The zero-order valence-electron chi connectivity index (χ0n) is 13.2. The lowest BCUT2D eigenvalue weighted by molar-refractivity contribution is -0.140. The highest BCUT2D eigenvalue weighted by Crippen LogP contribution is 2.52. The summed E-state index contributed by atoms with van der Waals surface area (Å²) < 4.78 is 10.2. The van der Waals surface area contributed by atoms with Crippen LogP contribution in [0.3, 0.4) is 0 Å². The SMILES string of the molecule is COc1ccc(C2CC2(NC(=O)OC(C)(C)C)C(=O)O)cc1. The van der Waals surface area contributed by atoms with Crippen molar-refractivity contribution in [1.29, 1.82) is 0 Å². The lowest BCUT2D eigenvalue weighted by atomic mass is 10.1. The Morgan fingerprint density at radius 2 is 1.86 bits per heavy atom. The van der Waals surface area contributed by atoms with E-state index in [1.54, 1.807) is 40.0 Å². The molecule has 1 aliphatic rings. The first-order chi connectivity index (χ1) is 10.2. The molecule has 0 radical (unpaired) electrons. The molecule has 22 heavy (non-hydrogen) atoms. The number of methoxy groups -OCH3 is 1. The number of carbonyl (C=O) groups excluding carboxylic acids is 1. The molecule has 6 heteroatoms. The summed E-state index contributed by atoms with van der Waals surface area (Å²) in [7, 11) is 1.57. The molecule has 1 aromatic carbocycles. The van der Waals surface area contributed by atoms with Crippen LogP contribution in [0.1, 0.15) is 38.7 Å². The molecule has 0 bridgehead atoms. The molecule has 6 nitrogen and oxygen atoms in total. The van der Waals surface area contributed by atoms with Crippen molar-refractivity contribution in [2.24, 2.45) is 0 Å². The lowest BCUT2D eigenvalue weighted by Gasteiger charge is -2.22. The van der Waals surface area contributed by atoms with Gasteiger partial charge in [0.1, 0.15) is 16.9 Å². The molecule has 1 aromatic rings. The van der Waals surface area contributed by atoms with Crippen molar-refractivity contribution in [2.45, 2.75) is 44.2 Å². The molecular weight excluding hydrogens is 286 g/mol. The lowest BCUT2D eigenvalue weighted by Crippen LogP contribution is -2.46. The van der Waals surface area contributed by atoms with Crippen LogP contribution in [-0.2, 0) is 9.53 Å². The molecule has 2 rings (SSSR count). The third-order valence-electron chi connectivity index (χ3n) is 3.58. The maximum Gasteiger partial charge on any atom is 0.408 e. The molecule has 1 aliphatic carbocycles. The zero-order valence-corrected chi connectivity index (χ0v) is 13.2. The summed E-state index contributed by atoms with van der Waals surface area (Å²) in [6, 6.07) is 7.16. The monoisotopic (exact) mass is 307 g/mol. The number of hydrogen-bond acceptors (Lipinski definition) is 4. The molecule has 2 unspecified atom stereocenters. The van der Waals surface area contributed by atoms with Gasteiger partial charge in [0.2, 0.25) is 0 Å². The first-order valence-electron chi connectivity index (χ1n) is 7.06. The molecule has 2 N–H and O–H groups in total. The van der Waals surface area contributed by atoms with E-state index in [9.17, 15) is 14.7 Å². The number of rotatable bonds is 4. The van der Waals surface area contributed by atoms with Crippen LogP contribution in [0.5, 0.6) is 5.75 Å². The van der Waals surface area contributed by atoms with Gasteiger partial charge in [-0.1, -0.05) is 12.1 Å². The standard InChI is InChI=1S/C16H21NO5/c1-15(2,3)22-14(20)17-16(13(18)19)9-12(16)10-5-7-11(21-4)8-6-10/h5-8,12H,9H2,1-4H3,(H,17,20)(H,18,19). The third kappa shape index (κ3) is 3.32. The van der Waals surface area contributed by atoms with E-state index in [2.05, 4.69) is 5.32 Å². The maximum absolute atomic E-state index is 11.9. The number of alkyl carbamates (subject to hydrolysis) is 1. The van der Waals surface area contributed by atoms with Gasteiger partial charge in [-0.15, -0.1) is 0 Å². The first kappa shape index (κ1) is 16.1. The van der Waals surface area contributed by atoms with Crippen LogP contribution in [0, 0.1) is 0 Å². The molecule has 1 amide bonds. The van der Waals surface area contributed by atoms with Gasteiger partial charge in [0.25, 0.3) is 0 Å². The smallest absolute Gasteiger partial charge is 0.408 e.